The summed E-state index contributed by atoms with van der Waals surface area (Å²) >= 11 is 5.89. The Morgan fingerprint density at radius 2 is 2.06 bits per heavy atom. The van der Waals surface area contributed by atoms with E-state index in [1.54, 1.807) is 0 Å². The molecule has 0 aromatic heterocycles. The highest BCUT2D eigenvalue weighted by atomic mass is 35.5. The normalized spacial score (nSPS) is 24.2. The lowest BCUT2D eigenvalue weighted by Gasteiger charge is -2.17. The Bertz CT molecular complexity index is 418. The van der Waals surface area contributed by atoms with E-state index in [0.29, 0.717) is 6.61 Å². The third-order valence-electron chi connectivity index (χ3n) is 3.39. The van der Waals surface area contributed by atoms with Gasteiger partial charge in [0, 0.05) is 24.0 Å². The van der Waals surface area contributed by atoms with Crippen molar-refractivity contribution in [3.05, 3.63) is 34.9 Å². The molecule has 0 amide bonds. The van der Waals surface area contributed by atoms with E-state index in [2.05, 4.69) is 4.90 Å². The zero-order valence-corrected chi connectivity index (χ0v) is 11.5. The van der Waals surface area contributed by atoms with E-state index in [1.807, 2.05) is 38.2 Å². The van der Waals surface area contributed by atoms with Gasteiger partial charge in [0.1, 0.15) is 0 Å². The van der Waals surface area contributed by atoms with Gasteiger partial charge in [-0.3, -0.25) is 4.79 Å². The fourth-order valence-corrected chi connectivity index (χ4v) is 2.66. The van der Waals surface area contributed by atoms with E-state index < -0.39 is 0 Å². The Balaban J connectivity index is 2.19. The largest absolute Gasteiger partial charge is 0.466 e. The van der Waals surface area contributed by atoms with Crippen LogP contribution in [0.3, 0.4) is 0 Å². The van der Waals surface area contributed by atoms with Gasteiger partial charge in [0.2, 0.25) is 0 Å². The van der Waals surface area contributed by atoms with Crippen molar-refractivity contribution in [1.82, 2.24) is 4.90 Å². The van der Waals surface area contributed by atoms with Crippen molar-refractivity contribution in [2.75, 3.05) is 26.7 Å². The number of nitrogens with zero attached hydrogens (tertiary/aromatic N) is 1. The number of esters is 1. The highest BCUT2D eigenvalue weighted by Gasteiger charge is 2.37. The van der Waals surface area contributed by atoms with Crippen LogP contribution in [0.1, 0.15) is 18.4 Å². The average molecular weight is 268 g/mol. The number of carbonyl (C=O) groups is 1. The summed E-state index contributed by atoms with van der Waals surface area (Å²) < 4.78 is 5.16. The topological polar surface area (TPSA) is 29.5 Å². The van der Waals surface area contributed by atoms with Gasteiger partial charge in [-0.15, -0.1) is 0 Å². The van der Waals surface area contributed by atoms with Crippen molar-refractivity contribution >= 4 is 17.6 Å². The second kappa shape index (κ2) is 5.72. The molecule has 1 heterocycles. The van der Waals surface area contributed by atoms with Crippen LogP contribution in [0.15, 0.2) is 24.3 Å². The van der Waals surface area contributed by atoms with E-state index in [1.165, 1.54) is 0 Å². The van der Waals surface area contributed by atoms with Gasteiger partial charge in [-0.05, 0) is 31.7 Å². The number of benzene rings is 1. The molecule has 2 unspecified atom stereocenters. The first-order valence-electron chi connectivity index (χ1n) is 6.22. The zero-order chi connectivity index (χ0) is 13.1. The molecule has 1 aliphatic heterocycles. The molecule has 0 spiro atoms. The fraction of sp³-hybridized carbons (Fsp3) is 0.500. The van der Waals surface area contributed by atoms with Crippen LogP contribution in [0.25, 0.3) is 0 Å². The Morgan fingerprint density at radius 1 is 1.39 bits per heavy atom. The average Bonchev–Trinajstić information content (AvgIpc) is 2.73. The lowest BCUT2D eigenvalue weighted by molar-refractivity contribution is -0.147. The van der Waals surface area contributed by atoms with Gasteiger partial charge < -0.3 is 9.64 Å². The molecule has 3 nitrogen and oxygen atoms in total. The number of ether oxygens (including phenoxy) is 1. The molecular formula is C14H18ClNO2. The third kappa shape index (κ3) is 2.85. The molecule has 1 aliphatic rings. The quantitative estimate of drug-likeness (QED) is 0.789. The van der Waals surface area contributed by atoms with Gasteiger partial charge in [0.15, 0.2) is 0 Å². The van der Waals surface area contributed by atoms with Crippen molar-refractivity contribution in [3.8, 4) is 0 Å². The lowest BCUT2D eigenvalue weighted by Crippen LogP contribution is -2.24. The fourth-order valence-electron chi connectivity index (χ4n) is 2.54. The van der Waals surface area contributed by atoms with E-state index in [0.717, 1.165) is 23.7 Å². The Kier molecular flexibility index (Phi) is 4.25. The van der Waals surface area contributed by atoms with Gasteiger partial charge in [-0.1, -0.05) is 23.7 Å². The molecule has 1 saturated heterocycles. The smallest absolute Gasteiger partial charge is 0.310 e. The van der Waals surface area contributed by atoms with Crippen molar-refractivity contribution in [1.29, 1.82) is 0 Å². The molecule has 0 N–H and O–H groups in total. The highest BCUT2D eigenvalue weighted by molar-refractivity contribution is 6.30. The van der Waals surface area contributed by atoms with Crippen LogP contribution >= 0.6 is 11.6 Å². The lowest BCUT2D eigenvalue weighted by atomic mass is 9.89. The van der Waals surface area contributed by atoms with Gasteiger partial charge in [0.25, 0.3) is 0 Å². The van der Waals surface area contributed by atoms with Crippen LogP contribution in [0, 0.1) is 5.92 Å². The van der Waals surface area contributed by atoms with E-state index >= 15 is 0 Å². The zero-order valence-electron chi connectivity index (χ0n) is 10.7. The molecule has 18 heavy (non-hydrogen) atoms. The van der Waals surface area contributed by atoms with Gasteiger partial charge in [-0.2, -0.15) is 0 Å². The maximum Gasteiger partial charge on any atom is 0.310 e. The minimum Gasteiger partial charge on any atom is -0.466 e. The van der Waals surface area contributed by atoms with Crippen molar-refractivity contribution < 1.29 is 9.53 Å². The summed E-state index contributed by atoms with van der Waals surface area (Å²) in [5.74, 6) is 0.0317. The molecule has 1 aromatic rings. The molecular weight excluding hydrogens is 250 g/mol. The van der Waals surface area contributed by atoms with E-state index in [4.69, 9.17) is 16.3 Å². The van der Waals surface area contributed by atoms with Crippen LogP contribution in [-0.4, -0.2) is 37.6 Å². The number of hydrogen-bond acceptors (Lipinski definition) is 3. The first kappa shape index (κ1) is 13.4. The van der Waals surface area contributed by atoms with Gasteiger partial charge >= 0.3 is 5.97 Å². The van der Waals surface area contributed by atoms with Crippen molar-refractivity contribution in [3.63, 3.8) is 0 Å². The molecule has 0 saturated carbocycles. The number of likely N-dealkylation sites (tertiary alicyclic amines) is 1. The molecule has 2 rings (SSSR count). The molecule has 98 valence electrons. The number of likely N-dealkylation sites (N-methyl/N-ethyl adjacent to an activating group) is 1. The predicted octanol–water partition coefficient (Wildman–Crippen LogP) is 2.55. The summed E-state index contributed by atoms with van der Waals surface area (Å²) in [6.45, 7) is 3.91. The Morgan fingerprint density at radius 3 is 2.67 bits per heavy atom. The minimum absolute atomic E-state index is 0.0730. The number of carbonyl (C=O) groups excluding carboxylic acids is 1. The molecule has 4 heteroatoms. The SMILES string of the molecule is CCOC(=O)C1CN(C)CC1c1ccc(Cl)cc1. The molecule has 1 aromatic carbocycles. The summed E-state index contributed by atoms with van der Waals surface area (Å²) in [6.07, 6.45) is 0. The number of rotatable bonds is 3. The second-order valence-electron chi connectivity index (χ2n) is 4.74. The predicted molar refractivity (Wildman–Crippen MR) is 71.8 cm³/mol. The highest BCUT2D eigenvalue weighted by Crippen LogP contribution is 2.33. The first-order valence-corrected chi connectivity index (χ1v) is 6.60. The summed E-state index contributed by atoms with van der Waals surface area (Å²) in [7, 11) is 2.03. The third-order valence-corrected chi connectivity index (χ3v) is 3.64. The van der Waals surface area contributed by atoms with Crippen molar-refractivity contribution in [2.24, 2.45) is 5.92 Å². The number of hydrogen-bond donors (Lipinski definition) is 0. The summed E-state index contributed by atoms with van der Waals surface area (Å²) in [6, 6.07) is 7.74. The van der Waals surface area contributed by atoms with E-state index in [-0.39, 0.29) is 17.8 Å². The van der Waals surface area contributed by atoms with Gasteiger partial charge in [0.05, 0.1) is 12.5 Å². The van der Waals surface area contributed by atoms with Crippen molar-refractivity contribution in [2.45, 2.75) is 12.8 Å². The van der Waals surface area contributed by atoms with E-state index in [9.17, 15) is 4.79 Å². The second-order valence-corrected chi connectivity index (χ2v) is 5.17. The molecule has 0 radical (unpaired) electrons. The Labute approximate surface area is 113 Å². The molecule has 0 aliphatic carbocycles. The van der Waals surface area contributed by atoms with Crippen LogP contribution in [0.4, 0.5) is 0 Å². The van der Waals surface area contributed by atoms with Gasteiger partial charge in [-0.25, -0.2) is 0 Å². The summed E-state index contributed by atoms with van der Waals surface area (Å²) in [4.78, 5) is 14.1. The number of halogens is 1. The minimum atomic E-state index is -0.0956. The van der Waals surface area contributed by atoms with Crippen LogP contribution < -0.4 is 0 Å². The maximum absolute atomic E-state index is 12.0. The summed E-state index contributed by atoms with van der Waals surface area (Å²) in [5, 5.41) is 0.720. The molecule has 1 fully saturated rings. The van der Waals surface area contributed by atoms with Crippen LogP contribution in [-0.2, 0) is 9.53 Å². The first-order chi connectivity index (χ1) is 8.61. The molecule has 2 atom stereocenters. The van der Waals surface area contributed by atoms with Crippen LogP contribution in [0.5, 0.6) is 0 Å². The monoisotopic (exact) mass is 267 g/mol. The maximum atomic E-state index is 12.0. The standard InChI is InChI=1S/C14H18ClNO2/c1-3-18-14(17)13-9-16(2)8-12(13)10-4-6-11(15)7-5-10/h4-7,12-13H,3,8-9H2,1-2H3. The molecule has 0 bridgehead atoms. The Hall–Kier alpha value is -1.06. The van der Waals surface area contributed by atoms with Crippen LogP contribution in [0.2, 0.25) is 5.02 Å². The summed E-state index contributed by atoms with van der Waals surface area (Å²) in [5.41, 5.74) is 1.15.